The van der Waals surface area contributed by atoms with Gasteiger partial charge in [-0.2, -0.15) is 0 Å². The Kier molecular flexibility index (Phi) is 5.48. The van der Waals surface area contributed by atoms with Crippen molar-refractivity contribution in [3.63, 3.8) is 0 Å². The second-order valence-corrected chi connectivity index (χ2v) is 6.06. The Hall–Kier alpha value is -0.570. The third-order valence-electron chi connectivity index (χ3n) is 4.81. The van der Waals surface area contributed by atoms with E-state index in [1.807, 2.05) is 7.05 Å². The molecule has 1 amide bonds. The molecule has 3 unspecified atom stereocenters. The smallest absolute Gasteiger partial charge is 0.223 e. The molecular weight excluding hydrogens is 224 g/mol. The summed E-state index contributed by atoms with van der Waals surface area (Å²) in [4.78, 5) is 12.1. The number of rotatable bonds is 5. The summed E-state index contributed by atoms with van der Waals surface area (Å²) >= 11 is 0. The van der Waals surface area contributed by atoms with E-state index < -0.39 is 0 Å². The first-order chi connectivity index (χ1) is 8.81. The molecule has 2 N–H and O–H groups in total. The summed E-state index contributed by atoms with van der Waals surface area (Å²) in [6.45, 7) is 1.81. The van der Waals surface area contributed by atoms with E-state index in [9.17, 15) is 4.79 Å². The van der Waals surface area contributed by atoms with Gasteiger partial charge in [-0.3, -0.25) is 4.79 Å². The fraction of sp³-hybridized carbons (Fsp3) is 0.933. The molecule has 0 spiro atoms. The van der Waals surface area contributed by atoms with Crippen LogP contribution in [0.25, 0.3) is 0 Å². The van der Waals surface area contributed by atoms with Crippen LogP contribution >= 0.6 is 0 Å². The lowest BCUT2D eigenvalue weighted by Crippen LogP contribution is -2.38. The zero-order valence-electron chi connectivity index (χ0n) is 11.7. The van der Waals surface area contributed by atoms with E-state index in [2.05, 4.69) is 10.6 Å². The lowest BCUT2D eigenvalue weighted by Gasteiger charge is -2.38. The van der Waals surface area contributed by atoms with E-state index in [1.165, 1.54) is 32.1 Å². The normalized spacial score (nSPS) is 31.7. The maximum absolute atomic E-state index is 12.1. The molecule has 2 saturated carbocycles. The van der Waals surface area contributed by atoms with Gasteiger partial charge in [-0.25, -0.2) is 0 Å². The Bertz CT molecular complexity index is 267. The Labute approximate surface area is 111 Å². The van der Waals surface area contributed by atoms with Crippen molar-refractivity contribution >= 4 is 5.91 Å². The van der Waals surface area contributed by atoms with Crippen LogP contribution in [0.3, 0.4) is 0 Å². The van der Waals surface area contributed by atoms with Gasteiger partial charge >= 0.3 is 0 Å². The SMILES string of the molecule is CNCCCNC(=O)C1CCC2CCCCC2C1. The first-order valence-electron chi connectivity index (χ1n) is 7.73. The van der Waals surface area contributed by atoms with Gasteiger partial charge in [0.1, 0.15) is 0 Å². The highest BCUT2D eigenvalue weighted by molar-refractivity contribution is 5.78. The van der Waals surface area contributed by atoms with Gasteiger partial charge in [-0.15, -0.1) is 0 Å². The van der Waals surface area contributed by atoms with Crippen molar-refractivity contribution in [3.8, 4) is 0 Å². The van der Waals surface area contributed by atoms with E-state index in [0.717, 1.165) is 44.2 Å². The minimum Gasteiger partial charge on any atom is -0.356 e. The molecule has 0 aliphatic heterocycles. The number of hydrogen-bond donors (Lipinski definition) is 2. The van der Waals surface area contributed by atoms with Gasteiger partial charge < -0.3 is 10.6 Å². The second kappa shape index (κ2) is 7.13. The zero-order valence-corrected chi connectivity index (χ0v) is 11.7. The fourth-order valence-corrected chi connectivity index (χ4v) is 3.73. The molecule has 3 atom stereocenters. The van der Waals surface area contributed by atoms with Crippen molar-refractivity contribution in [2.75, 3.05) is 20.1 Å². The molecule has 18 heavy (non-hydrogen) atoms. The van der Waals surface area contributed by atoms with Gasteiger partial charge in [-0.1, -0.05) is 25.7 Å². The summed E-state index contributed by atoms with van der Waals surface area (Å²) < 4.78 is 0. The molecule has 0 aromatic rings. The summed E-state index contributed by atoms with van der Waals surface area (Å²) in [5.41, 5.74) is 0. The molecule has 0 heterocycles. The Morgan fingerprint density at radius 3 is 2.61 bits per heavy atom. The second-order valence-electron chi connectivity index (χ2n) is 6.06. The quantitative estimate of drug-likeness (QED) is 0.737. The van der Waals surface area contributed by atoms with Crippen molar-refractivity contribution in [2.24, 2.45) is 17.8 Å². The number of nitrogens with one attached hydrogen (secondary N) is 2. The van der Waals surface area contributed by atoms with Crippen LogP contribution in [-0.2, 0) is 4.79 Å². The monoisotopic (exact) mass is 252 g/mol. The first kappa shape index (κ1) is 13.9. The third kappa shape index (κ3) is 3.71. The fourth-order valence-electron chi connectivity index (χ4n) is 3.73. The molecule has 0 saturated heterocycles. The molecule has 104 valence electrons. The van der Waals surface area contributed by atoms with Crippen molar-refractivity contribution < 1.29 is 4.79 Å². The number of hydrogen-bond acceptors (Lipinski definition) is 2. The summed E-state index contributed by atoms with van der Waals surface area (Å²) in [5.74, 6) is 2.40. The summed E-state index contributed by atoms with van der Waals surface area (Å²) in [6, 6.07) is 0. The van der Waals surface area contributed by atoms with Crippen molar-refractivity contribution in [1.29, 1.82) is 0 Å². The number of amides is 1. The van der Waals surface area contributed by atoms with Crippen LogP contribution in [0, 0.1) is 17.8 Å². The number of fused-ring (bicyclic) bond motifs is 1. The molecule has 2 aliphatic carbocycles. The van der Waals surface area contributed by atoms with Crippen LogP contribution in [0.5, 0.6) is 0 Å². The van der Waals surface area contributed by atoms with E-state index in [4.69, 9.17) is 0 Å². The Morgan fingerprint density at radius 1 is 1.06 bits per heavy atom. The molecule has 0 bridgehead atoms. The third-order valence-corrected chi connectivity index (χ3v) is 4.81. The molecule has 0 radical (unpaired) electrons. The highest BCUT2D eigenvalue weighted by Gasteiger charge is 2.34. The van der Waals surface area contributed by atoms with E-state index in [-0.39, 0.29) is 0 Å². The molecule has 0 aromatic heterocycles. The predicted octanol–water partition coefficient (Wildman–Crippen LogP) is 2.32. The largest absolute Gasteiger partial charge is 0.356 e. The summed E-state index contributed by atoms with van der Waals surface area (Å²) in [6.07, 6.45) is 10.2. The summed E-state index contributed by atoms with van der Waals surface area (Å²) in [5, 5.41) is 6.21. The lowest BCUT2D eigenvalue weighted by atomic mass is 9.67. The van der Waals surface area contributed by atoms with Gasteiger partial charge in [0.2, 0.25) is 5.91 Å². The lowest BCUT2D eigenvalue weighted by molar-refractivity contribution is -0.127. The average Bonchev–Trinajstić information content (AvgIpc) is 2.43. The Balaban J connectivity index is 1.71. The van der Waals surface area contributed by atoms with Crippen LogP contribution in [0.2, 0.25) is 0 Å². The minimum absolute atomic E-state index is 0.305. The molecule has 3 heteroatoms. The average molecular weight is 252 g/mol. The van der Waals surface area contributed by atoms with Crippen LogP contribution in [-0.4, -0.2) is 26.0 Å². The van der Waals surface area contributed by atoms with E-state index in [1.54, 1.807) is 0 Å². The van der Waals surface area contributed by atoms with Crippen LogP contribution < -0.4 is 10.6 Å². The van der Waals surface area contributed by atoms with Gasteiger partial charge in [0.25, 0.3) is 0 Å². The number of carbonyl (C=O) groups excluding carboxylic acids is 1. The van der Waals surface area contributed by atoms with Crippen LogP contribution in [0.1, 0.15) is 51.4 Å². The molecule has 2 aliphatic rings. The first-order valence-corrected chi connectivity index (χ1v) is 7.73. The topological polar surface area (TPSA) is 41.1 Å². The van der Waals surface area contributed by atoms with Crippen molar-refractivity contribution in [2.45, 2.75) is 51.4 Å². The van der Waals surface area contributed by atoms with Gasteiger partial charge in [0.05, 0.1) is 0 Å². The van der Waals surface area contributed by atoms with Crippen molar-refractivity contribution in [1.82, 2.24) is 10.6 Å². The van der Waals surface area contributed by atoms with Gasteiger partial charge in [-0.05, 0) is 51.1 Å². The van der Waals surface area contributed by atoms with Crippen LogP contribution in [0.4, 0.5) is 0 Å². The molecular formula is C15H28N2O. The van der Waals surface area contributed by atoms with Crippen molar-refractivity contribution in [3.05, 3.63) is 0 Å². The highest BCUT2D eigenvalue weighted by Crippen LogP contribution is 2.42. The maximum Gasteiger partial charge on any atom is 0.223 e. The maximum atomic E-state index is 12.1. The minimum atomic E-state index is 0.305. The zero-order chi connectivity index (χ0) is 12.8. The van der Waals surface area contributed by atoms with Crippen LogP contribution in [0.15, 0.2) is 0 Å². The van der Waals surface area contributed by atoms with Gasteiger partial charge in [0.15, 0.2) is 0 Å². The highest BCUT2D eigenvalue weighted by atomic mass is 16.1. The molecule has 3 nitrogen and oxygen atoms in total. The van der Waals surface area contributed by atoms with Gasteiger partial charge in [0, 0.05) is 12.5 Å². The number of carbonyl (C=O) groups is 1. The van der Waals surface area contributed by atoms with E-state index in [0.29, 0.717) is 11.8 Å². The molecule has 2 fully saturated rings. The molecule has 0 aromatic carbocycles. The van der Waals surface area contributed by atoms with E-state index >= 15 is 0 Å². The predicted molar refractivity (Wildman–Crippen MR) is 74.3 cm³/mol. The summed E-state index contributed by atoms with van der Waals surface area (Å²) in [7, 11) is 1.95. The molecule has 2 rings (SSSR count). The Morgan fingerprint density at radius 2 is 1.83 bits per heavy atom. The standard InChI is InChI=1S/C15H28N2O/c1-16-9-4-10-17-15(18)14-8-7-12-5-2-3-6-13(12)11-14/h12-14,16H,2-11H2,1H3,(H,17,18).